The van der Waals surface area contributed by atoms with E-state index < -0.39 is 0 Å². The number of benzene rings is 1. The Labute approximate surface area is 114 Å². The second-order valence-electron chi connectivity index (χ2n) is 5.18. The van der Waals surface area contributed by atoms with E-state index in [2.05, 4.69) is 17.9 Å². The molecule has 0 saturated carbocycles. The van der Waals surface area contributed by atoms with Gasteiger partial charge in [-0.05, 0) is 31.5 Å². The van der Waals surface area contributed by atoms with Crippen LogP contribution in [0.1, 0.15) is 12.5 Å². The van der Waals surface area contributed by atoms with Gasteiger partial charge in [-0.1, -0.05) is 12.1 Å². The van der Waals surface area contributed by atoms with E-state index >= 15 is 0 Å². The number of aliphatic hydroxyl groups excluding tert-OH is 1. The molecule has 1 aliphatic heterocycles. The van der Waals surface area contributed by atoms with Gasteiger partial charge < -0.3 is 14.6 Å². The van der Waals surface area contributed by atoms with Gasteiger partial charge in [0, 0.05) is 19.6 Å². The lowest BCUT2D eigenvalue weighted by Crippen LogP contribution is -2.49. The number of aryl methyl sites for hydroxylation is 1. The SMILES string of the molecule is Cc1cccc(OCCN2CC(C)OC(CO)C2)c1. The maximum atomic E-state index is 9.18. The third-order valence-corrected chi connectivity index (χ3v) is 3.27. The molecule has 0 spiro atoms. The van der Waals surface area contributed by atoms with Crippen LogP contribution in [0.3, 0.4) is 0 Å². The monoisotopic (exact) mass is 265 g/mol. The minimum absolute atomic E-state index is 0.0669. The Morgan fingerprint density at radius 3 is 3.00 bits per heavy atom. The number of ether oxygens (including phenoxy) is 2. The first-order chi connectivity index (χ1) is 9.17. The van der Waals surface area contributed by atoms with Crippen LogP contribution in [-0.2, 0) is 4.74 Å². The molecule has 2 atom stereocenters. The maximum absolute atomic E-state index is 9.18. The van der Waals surface area contributed by atoms with Gasteiger partial charge >= 0.3 is 0 Å². The summed E-state index contributed by atoms with van der Waals surface area (Å²) in [6, 6.07) is 8.08. The van der Waals surface area contributed by atoms with E-state index in [0.29, 0.717) is 6.61 Å². The molecule has 1 fully saturated rings. The predicted molar refractivity (Wildman–Crippen MR) is 74.5 cm³/mol. The highest BCUT2D eigenvalue weighted by molar-refractivity contribution is 5.27. The third-order valence-electron chi connectivity index (χ3n) is 3.27. The fraction of sp³-hybridized carbons (Fsp3) is 0.600. The second kappa shape index (κ2) is 6.89. The lowest BCUT2D eigenvalue weighted by atomic mass is 10.2. The number of hydrogen-bond donors (Lipinski definition) is 1. The number of nitrogens with zero attached hydrogens (tertiary/aromatic N) is 1. The minimum atomic E-state index is -0.0669. The van der Waals surface area contributed by atoms with E-state index in [-0.39, 0.29) is 18.8 Å². The molecule has 2 unspecified atom stereocenters. The van der Waals surface area contributed by atoms with E-state index in [9.17, 15) is 5.11 Å². The molecule has 1 aliphatic rings. The largest absolute Gasteiger partial charge is 0.492 e. The van der Waals surface area contributed by atoms with Gasteiger partial charge in [0.2, 0.25) is 0 Å². The van der Waals surface area contributed by atoms with E-state index in [1.54, 1.807) is 0 Å². The zero-order valence-corrected chi connectivity index (χ0v) is 11.7. The van der Waals surface area contributed by atoms with Crippen molar-refractivity contribution in [1.82, 2.24) is 4.90 Å². The van der Waals surface area contributed by atoms with E-state index in [1.165, 1.54) is 5.56 Å². The normalized spacial score (nSPS) is 24.4. The Morgan fingerprint density at radius 1 is 1.42 bits per heavy atom. The lowest BCUT2D eigenvalue weighted by molar-refractivity contribution is -0.0965. The Morgan fingerprint density at radius 2 is 2.26 bits per heavy atom. The van der Waals surface area contributed by atoms with Gasteiger partial charge in [-0.15, -0.1) is 0 Å². The highest BCUT2D eigenvalue weighted by Gasteiger charge is 2.24. The zero-order valence-electron chi connectivity index (χ0n) is 11.7. The average Bonchev–Trinajstić information content (AvgIpc) is 2.38. The first-order valence-electron chi connectivity index (χ1n) is 6.85. The fourth-order valence-corrected chi connectivity index (χ4v) is 2.42. The van der Waals surface area contributed by atoms with Crippen LogP contribution >= 0.6 is 0 Å². The van der Waals surface area contributed by atoms with Crippen LogP contribution in [0.2, 0.25) is 0 Å². The van der Waals surface area contributed by atoms with Crippen molar-refractivity contribution in [3.05, 3.63) is 29.8 Å². The van der Waals surface area contributed by atoms with Crippen LogP contribution in [-0.4, -0.2) is 55.1 Å². The molecular weight excluding hydrogens is 242 g/mol. The lowest BCUT2D eigenvalue weighted by Gasteiger charge is -2.35. The summed E-state index contributed by atoms with van der Waals surface area (Å²) in [6.45, 7) is 7.37. The van der Waals surface area contributed by atoms with Crippen LogP contribution in [0, 0.1) is 6.92 Å². The molecule has 0 aromatic heterocycles. The molecule has 1 aromatic rings. The first-order valence-corrected chi connectivity index (χ1v) is 6.85. The molecule has 0 amide bonds. The summed E-state index contributed by atoms with van der Waals surface area (Å²) in [4.78, 5) is 2.28. The van der Waals surface area contributed by atoms with E-state index in [1.807, 2.05) is 25.1 Å². The number of aliphatic hydroxyl groups is 1. The summed E-state index contributed by atoms with van der Waals surface area (Å²) < 4.78 is 11.4. The Balaban J connectivity index is 1.76. The van der Waals surface area contributed by atoms with Crippen LogP contribution < -0.4 is 4.74 Å². The summed E-state index contributed by atoms with van der Waals surface area (Å²) in [6.07, 6.45) is 0.104. The summed E-state index contributed by atoms with van der Waals surface area (Å²) in [5.74, 6) is 0.917. The summed E-state index contributed by atoms with van der Waals surface area (Å²) in [7, 11) is 0. The van der Waals surface area contributed by atoms with Crippen LogP contribution in [0.5, 0.6) is 5.75 Å². The van der Waals surface area contributed by atoms with Gasteiger partial charge in [-0.25, -0.2) is 0 Å². The number of hydrogen-bond acceptors (Lipinski definition) is 4. The van der Waals surface area contributed by atoms with Crippen LogP contribution in [0.15, 0.2) is 24.3 Å². The van der Waals surface area contributed by atoms with Crippen molar-refractivity contribution in [3.8, 4) is 5.75 Å². The molecule has 2 rings (SSSR count). The van der Waals surface area contributed by atoms with Gasteiger partial charge in [0.1, 0.15) is 12.4 Å². The third kappa shape index (κ3) is 4.49. The molecule has 0 radical (unpaired) electrons. The van der Waals surface area contributed by atoms with E-state index in [0.717, 1.165) is 25.4 Å². The predicted octanol–water partition coefficient (Wildman–Crippen LogP) is 1.46. The van der Waals surface area contributed by atoms with Gasteiger partial charge in [-0.3, -0.25) is 4.90 Å². The van der Waals surface area contributed by atoms with E-state index in [4.69, 9.17) is 9.47 Å². The quantitative estimate of drug-likeness (QED) is 0.875. The van der Waals surface area contributed by atoms with Gasteiger partial charge in [-0.2, -0.15) is 0 Å². The van der Waals surface area contributed by atoms with Crippen molar-refractivity contribution in [3.63, 3.8) is 0 Å². The summed E-state index contributed by atoms with van der Waals surface area (Å²) in [5, 5.41) is 9.18. The molecule has 4 nitrogen and oxygen atoms in total. The Bertz CT molecular complexity index is 397. The molecule has 1 aromatic carbocycles. The Kier molecular flexibility index (Phi) is 5.19. The fourth-order valence-electron chi connectivity index (χ4n) is 2.42. The standard InChI is InChI=1S/C15H23NO3/c1-12-4-3-5-14(8-12)18-7-6-16-9-13(2)19-15(10-16)11-17/h3-5,8,13,15,17H,6-7,9-11H2,1-2H3. The smallest absolute Gasteiger partial charge is 0.119 e. The van der Waals surface area contributed by atoms with Crippen molar-refractivity contribution in [1.29, 1.82) is 0 Å². The highest BCUT2D eigenvalue weighted by Crippen LogP contribution is 2.13. The average molecular weight is 265 g/mol. The van der Waals surface area contributed by atoms with Gasteiger partial charge in [0.25, 0.3) is 0 Å². The van der Waals surface area contributed by atoms with Crippen molar-refractivity contribution in [2.75, 3.05) is 32.8 Å². The molecule has 1 heterocycles. The van der Waals surface area contributed by atoms with Gasteiger partial charge in [0.05, 0.1) is 18.8 Å². The summed E-state index contributed by atoms with van der Waals surface area (Å²) >= 11 is 0. The topological polar surface area (TPSA) is 41.9 Å². The van der Waals surface area contributed by atoms with Crippen LogP contribution in [0.25, 0.3) is 0 Å². The molecule has 0 bridgehead atoms. The highest BCUT2D eigenvalue weighted by atomic mass is 16.5. The van der Waals surface area contributed by atoms with Crippen molar-refractivity contribution >= 4 is 0 Å². The summed E-state index contributed by atoms with van der Waals surface area (Å²) in [5.41, 5.74) is 1.21. The Hall–Kier alpha value is -1.10. The molecule has 4 heteroatoms. The minimum Gasteiger partial charge on any atom is -0.492 e. The van der Waals surface area contributed by atoms with Crippen molar-refractivity contribution in [2.24, 2.45) is 0 Å². The maximum Gasteiger partial charge on any atom is 0.119 e. The van der Waals surface area contributed by atoms with Crippen molar-refractivity contribution in [2.45, 2.75) is 26.1 Å². The van der Waals surface area contributed by atoms with Crippen molar-refractivity contribution < 1.29 is 14.6 Å². The molecule has 19 heavy (non-hydrogen) atoms. The molecule has 1 saturated heterocycles. The zero-order chi connectivity index (χ0) is 13.7. The number of rotatable bonds is 5. The first kappa shape index (κ1) is 14.3. The molecule has 106 valence electrons. The van der Waals surface area contributed by atoms with Crippen LogP contribution in [0.4, 0.5) is 0 Å². The van der Waals surface area contributed by atoms with Gasteiger partial charge in [0.15, 0.2) is 0 Å². The molecular formula is C15H23NO3. The molecule has 0 aliphatic carbocycles. The number of morpholine rings is 1. The molecule has 1 N–H and O–H groups in total. The second-order valence-corrected chi connectivity index (χ2v) is 5.18.